The van der Waals surface area contributed by atoms with Crippen LogP contribution >= 0.6 is 0 Å². The second kappa shape index (κ2) is 5.90. The molecule has 0 bridgehead atoms. The SMILES string of the molecule is C#C[C@@]1(CC)CC(=O)N(C(c2cncc(F)c2)[C@@H]2C[C@H]2C)C(=N)N1. The van der Waals surface area contributed by atoms with Crippen LogP contribution in [0.4, 0.5) is 4.39 Å². The number of rotatable bonds is 4. The standard InChI is InChI=1S/C18H21FN4O/c1-4-18(5-2)8-15(24)23(17(20)22-18)16(14-6-11(14)3)12-7-13(19)10-21-9-12/h1,7,9-11,14,16H,5-6,8H2,2-3H3,(H2,20,22)/t11-,14-,16?,18-/m1/s1. The van der Waals surface area contributed by atoms with Gasteiger partial charge in [0.1, 0.15) is 11.4 Å². The molecule has 1 aliphatic carbocycles. The number of terminal acetylenes is 1. The Hall–Kier alpha value is -2.42. The van der Waals surface area contributed by atoms with Gasteiger partial charge >= 0.3 is 0 Å². The minimum Gasteiger partial charge on any atom is -0.339 e. The topological polar surface area (TPSA) is 69.1 Å². The Morgan fingerprint density at radius 3 is 2.83 bits per heavy atom. The predicted octanol–water partition coefficient (Wildman–Crippen LogP) is 2.46. The van der Waals surface area contributed by atoms with E-state index in [1.54, 1.807) is 6.20 Å². The van der Waals surface area contributed by atoms with Crippen molar-refractivity contribution in [1.29, 1.82) is 5.41 Å². The number of hydrogen-bond acceptors (Lipinski definition) is 3. The lowest BCUT2D eigenvalue weighted by Crippen LogP contribution is -2.62. The molecule has 1 aliphatic heterocycles. The lowest BCUT2D eigenvalue weighted by atomic mass is 9.89. The maximum atomic E-state index is 13.6. The van der Waals surface area contributed by atoms with Crippen LogP contribution in [0, 0.1) is 35.4 Å². The highest BCUT2D eigenvalue weighted by Crippen LogP contribution is 2.50. The second-order valence-corrected chi connectivity index (χ2v) is 6.75. The number of amides is 1. The largest absolute Gasteiger partial charge is 0.339 e. The fraction of sp³-hybridized carbons (Fsp3) is 0.500. The molecule has 1 amide bonds. The molecule has 0 aromatic carbocycles. The van der Waals surface area contributed by atoms with Crippen LogP contribution in [-0.4, -0.2) is 27.3 Å². The highest BCUT2D eigenvalue weighted by Gasteiger charge is 2.49. The van der Waals surface area contributed by atoms with Crippen molar-refractivity contribution in [3.63, 3.8) is 0 Å². The van der Waals surface area contributed by atoms with Gasteiger partial charge in [0.15, 0.2) is 5.96 Å². The summed E-state index contributed by atoms with van der Waals surface area (Å²) in [5, 5.41) is 11.4. The molecule has 1 saturated carbocycles. The molecule has 5 nitrogen and oxygen atoms in total. The summed E-state index contributed by atoms with van der Waals surface area (Å²) in [7, 11) is 0. The number of nitrogens with zero attached hydrogens (tertiary/aromatic N) is 2. The molecule has 3 rings (SSSR count). The molecule has 0 spiro atoms. The van der Waals surface area contributed by atoms with Crippen LogP contribution in [0.3, 0.4) is 0 Å². The first-order valence-electron chi connectivity index (χ1n) is 8.18. The molecule has 4 atom stereocenters. The van der Waals surface area contributed by atoms with Gasteiger partial charge in [-0.2, -0.15) is 0 Å². The van der Waals surface area contributed by atoms with Crippen LogP contribution in [0.2, 0.25) is 0 Å². The van der Waals surface area contributed by atoms with Gasteiger partial charge in [-0.1, -0.05) is 19.8 Å². The first kappa shape index (κ1) is 16.4. The van der Waals surface area contributed by atoms with Crippen LogP contribution in [0.25, 0.3) is 0 Å². The average molecular weight is 328 g/mol. The first-order valence-corrected chi connectivity index (χ1v) is 8.18. The number of carbonyl (C=O) groups excluding carboxylic acids is 1. The van der Waals surface area contributed by atoms with Gasteiger partial charge < -0.3 is 5.32 Å². The van der Waals surface area contributed by atoms with Crippen molar-refractivity contribution < 1.29 is 9.18 Å². The van der Waals surface area contributed by atoms with E-state index < -0.39 is 11.4 Å². The number of aromatic nitrogens is 1. The molecule has 126 valence electrons. The van der Waals surface area contributed by atoms with Crippen molar-refractivity contribution in [1.82, 2.24) is 15.2 Å². The van der Waals surface area contributed by atoms with Gasteiger partial charge in [-0.05, 0) is 36.3 Å². The summed E-state index contributed by atoms with van der Waals surface area (Å²) in [6.45, 7) is 3.98. The molecule has 2 fully saturated rings. The first-order chi connectivity index (χ1) is 11.4. The third-order valence-corrected chi connectivity index (χ3v) is 5.12. The number of halogens is 1. The fourth-order valence-electron chi connectivity index (χ4n) is 3.46. The van der Waals surface area contributed by atoms with Crippen LogP contribution in [0.5, 0.6) is 0 Å². The van der Waals surface area contributed by atoms with Crippen molar-refractivity contribution in [3.8, 4) is 12.3 Å². The minimum absolute atomic E-state index is 0.0144. The Morgan fingerprint density at radius 1 is 1.62 bits per heavy atom. The highest BCUT2D eigenvalue weighted by atomic mass is 19.1. The van der Waals surface area contributed by atoms with Crippen LogP contribution in [0.15, 0.2) is 18.5 Å². The molecule has 24 heavy (non-hydrogen) atoms. The summed E-state index contributed by atoms with van der Waals surface area (Å²) in [5.74, 6) is 2.57. The number of carbonyl (C=O) groups is 1. The van der Waals surface area contributed by atoms with E-state index in [4.69, 9.17) is 11.8 Å². The Kier molecular flexibility index (Phi) is 4.04. The lowest BCUT2D eigenvalue weighted by molar-refractivity contribution is -0.132. The van der Waals surface area contributed by atoms with Gasteiger partial charge in [0.25, 0.3) is 0 Å². The average Bonchev–Trinajstić information content (AvgIpc) is 3.26. The van der Waals surface area contributed by atoms with Gasteiger partial charge in [0, 0.05) is 6.20 Å². The third-order valence-electron chi connectivity index (χ3n) is 5.12. The van der Waals surface area contributed by atoms with E-state index >= 15 is 0 Å². The summed E-state index contributed by atoms with van der Waals surface area (Å²) in [4.78, 5) is 18.1. The van der Waals surface area contributed by atoms with E-state index in [2.05, 4.69) is 23.1 Å². The van der Waals surface area contributed by atoms with Crippen LogP contribution in [0.1, 0.15) is 44.7 Å². The highest BCUT2D eigenvalue weighted by molar-refractivity contribution is 6.00. The predicted molar refractivity (Wildman–Crippen MR) is 88.4 cm³/mol. The van der Waals surface area contributed by atoms with Gasteiger partial charge in [0.05, 0.1) is 18.7 Å². The molecular formula is C18H21FN4O. The van der Waals surface area contributed by atoms with Gasteiger partial charge in [-0.3, -0.25) is 20.1 Å². The Labute approximate surface area is 141 Å². The van der Waals surface area contributed by atoms with Gasteiger partial charge in [-0.15, -0.1) is 6.42 Å². The number of nitrogens with one attached hydrogen (secondary N) is 2. The van der Waals surface area contributed by atoms with E-state index in [1.165, 1.54) is 11.0 Å². The van der Waals surface area contributed by atoms with E-state index in [0.717, 1.165) is 12.6 Å². The van der Waals surface area contributed by atoms with Crippen molar-refractivity contribution in [3.05, 3.63) is 29.8 Å². The molecule has 6 heteroatoms. The monoisotopic (exact) mass is 328 g/mol. The Bertz CT molecular complexity index is 708. The quantitative estimate of drug-likeness (QED) is 0.834. The minimum atomic E-state index is -0.815. The zero-order valence-corrected chi connectivity index (χ0v) is 13.8. The Balaban J connectivity index is 1.96. The smallest absolute Gasteiger partial charge is 0.233 e. The molecule has 1 saturated heterocycles. The van der Waals surface area contributed by atoms with Crippen LogP contribution in [-0.2, 0) is 4.79 Å². The summed E-state index contributed by atoms with van der Waals surface area (Å²) in [6, 6.07) is 1.01. The van der Waals surface area contributed by atoms with Crippen molar-refractivity contribution in [2.24, 2.45) is 11.8 Å². The number of pyridine rings is 1. The molecular weight excluding hydrogens is 307 g/mol. The van der Waals surface area contributed by atoms with E-state index in [9.17, 15) is 9.18 Å². The maximum Gasteiger partial charge on any atom is 0.233 e. The summed E-state index contributed by atoms with van der Waals surface area (Å²) < 4.78 is 13.6. The van der Waals surface area contributed by atoms with Gasteiger partial charge in [-0.25, -0.2) is 4.39 Å². The lowest BCUT2D eigenvalue weighted by Gasteiger charge is -2.43. The van der Waals surface area contributed by atoms with E-state index in [-0.39, 0.29) is 30.2 Å². The molecule has 2 N–H and O–H groups in total. The van der Waals surface area contributed by atoms with Crippen molar-refractivity contribution in [2.45, 2.75) is 44.7 Å². The normalized spacial score (nSPS) is 30.5. The van der Waals surface area contributed by atoms with Crippen molar-refractivity contribution in [2.75, 3.05) is 0 Å². The zero-order valence-electron chi connectivity index (χ0n) is 13.8. The van der Waals surface area contributed by atoms with E-state index in [1.807, 2.05) is 6.92 Å². The Morgan fingerprint density at radius 2 is 2.33 bits per heavy atom. The molecule has 2 heterocycles. The maximum absolute atomic E-state index is 13.6. The second-order valence-electron chi connectivity index (χ2n) is 6.75. The van der Waals surface area contributed by atoms with Crippen LogP contribution < -0.4 is 5.32 Å². The molecule has 1 aromatic heterocycles. The summed E-state index contributed by atoms with van der Waals surface area (Å²) >= 11 is 0. The fourth-order valence-corrected chi connectivity index (χ4v) is 3.46. The zero-order chi connectivity index (χ0) is 17.5. The molecule has 1 unspecified atom stereocenters. The molecule has 1 aromatic rings. The van der Waals surface area contributed by atoms with E-state index in [0.29, 0.717) is 17.9 Å². The third kappa shape index (κ3) is 2.75. The molecule has 0 radical (unpaired) electrons. The van der Waals surface area contributed by atoms with Crippen molar-refractivity contribution >= 4 is 11.9 Å². The summed E-state index contributed by atoms with van der Waals surface area (Å²) in [6.07, 6.45) is 9.91. The van der Waals surface area contributed by atoms with Gasteiger partial charge in [0.2, 0.25) is 5.91 Å². The summed E-state index contributed by atoms with van der Waals surface area (Å²) in [5.41, 5.74) is -0.196. The molecule has 2 aliphatic rings. The number of guanidine groups is 1. The number of hydrogen-bond donors (Lipinski definition) is 2.